The topological polar surface area (TPSA) is 33.4 Å². The average Bonchev–Trinajstić information content (AvgIpc) is 2.63. The molecule has 1 aromatic heterocycles. The van der Waals surface area contributed by atoms with Gasteiger partial charge in [0.25, 0.3) is 0 Å². The fraction of sp³-hybridized carbons (Fsp3) is 0.600. The summed E-state index contributed by atoms with van der Waals surface area (Å²) in [4.78, 5) is 0. The fourth-order valence-electron chi connectivity index (χ4n) is 1.79. The van der Waals surface area contributed by atoms with E-state index in [4.69, 9.17) is 4.42 Å². The van der Waals surface area contributed by atoms with Gasteiger partial charge in [0.05, 0.1) is 6.26 Å². The lowest BCUT2D eigenvalue weighted by molar-refractivity contribution is 0.00437. The van der Waals surface area contributed by atoms with E-state index in [9.17, 15) is 5.11 Å². The number of thioether (sulfide) groups is 1. The number of aliphatic hydroxyl groups is 1. The van der Waals surface area contributed by atoms with Crippen molar-refractivity contribution in [2.75, 3.05) is 5.75 Å². The molecule has 1 fully saturated rings. The van der Waals surface area contributed by atoms with Gasteiger partial charge in [-0.2, -0.15) is 11.8 Å². The van der Waals surface area contributed by atoms with E-state index in [1.807, 2.05) is 23.9 Å². The molecule has 0 amide bonds. The van der Waals surface area contributed by atoms with Gasteiger partial charge in [-0.05, 0) is 30.7 Å². The molecule has 0 aromatic carbocycles. The highest BCUT2D eigenvalue weighted by Crippen LogP contribution is 2.41. The normalized spacial score (nSPS) is 34.8. The van der Waals surface area contributed by atoms with Crippen LogP contribution >= 0.6 is 11.8 Å². The van der Waals surface area contributed by atoms with Crippen molar-refractivity contribution in [2.45, 2.75) is 30.6 Å². The van der Waals surface area contributed by atoms with Crippen molar-refractivity contribution in [3.63, 3.8) is 0 Å². The molecule has 3 heteroatoms. The number of rotatable bonds is 1. The molecule has 1 N–H and O–H groups in total. The van der Waals surface area contributed by atoms with Gasteiger partial charge in [-0.25, -0.2) is 0 Å². The summed E-state index contributed by atoms with van der Waals surface area (Å²) in [5.41, 5.74) is -0.744. The summed E-state index contributed by atoms with van der Waals surface area (Å²) in [7, 11) is 0. The number of furan rings is 1. The minimum atomic E-state index is -0.744. The smallest absolute Gasteiger partial charge is 0.136 e. The molecule has 72 valence electrons. The largest absolute Gasteiger partial charge is 0.466 e. The van der Waals surface area contributed by atoms with Crippen molar-refractivity contribution >= 4 is 11.8 Å². The molecule has 0 saturated carbocycles. The van der Waals surface area contributed by atoms with Crippen LogP contribution in [0.25, 0.3) is 0 Å². The van der Waals surface area contributed by atoms with Crippen molar-refractivity contribution in [3.05, 3.63) is 24.2 Å². The lowest BCUT2D eigenvalue weighted by Gasteiger charge is -2.35. The molecule has 2 unspecified atom stereocenters. The van der Waals surface area contributed by atoms with Crippen molar-refractivity contribution in [1.29, 1.82) is 0 Å². The molecule has 2 heterocycles. The molecule has 1 aliphatic heterocycles. The Morgan fingerprint density at radius 3 is 3.15 bits per heavy atom. The maximum absolute atomic E-state index is 10.4. The van der Waals surface area contributed by atoms with E-state index in [1.54, 1.807) is 6.26 Å². The minimum absolute atomic E-state index is 0.229. The van der Waals surface area contributed by atoms with Gasteiger partial charge in [-0.3, -0.25) is 0 Å². The first-order chi connectivity index (χ1) is 6.23. The first-order valence-electron chi connectivity index (χ1n) is 4.61. The lowest BCUT2D eigenvalue weighted by atomic mass is 9.91. The van der Waals surface area contributed by atoms with Gasteiger partial charge in [0, 0.05) is 5.25 Å². The Morgan fingerprint density at radius 1 is 1.69 bits per heavy atom. The Kier molecular flexibility index (Phi) is 2.39. The van der Waals surface area contributed by atoms with Gasteiger partial charge in [-0.15, -0.1) is 0 Å². The zero-order valence-electron chi connectivity index (χ0n) is 7.69. The summed E-state index contributed by atoms with van der Waals surface area (Å²) in [5.74, 6) is 1.86. The van der Waals surface area contributed by atoms with Gasteiger partial charge in [-0.1, -0.05) is 6.92 Å². The van der Waals surface area contributed by atoms with E-state index in [2.05, 4.69) is 6.92 Å². The van der Waals surface area contributed by atoms with Crippen LogP contribution in [0.2, 0.25) is 0 Å². The Labute approximate surface area is 82.3 Å². The third-order valence-electron chi connectivity index (χ3n) is 2.69. The molecule has 13 heavy (non-hydrogen) atoms. The van der Waals surface area contributed by atoms with Crippen LogP contribution in [-0.4, -0.2) is 16.1 Å². The van der Waals surface area contributed by atoms with E-state index in [0.717, 1.165) is 18.6 Å². The van der Waals surface area contributed by atoms with Crippen LogP contribution in [0.3, 0.4) is 0 Å². The molecule has 2 atom stereocenters. The summed E-state index contributed by atoms with van der Waals surface area (Å²) in [6.07, 6.45) is 3.50. The summed E-state index contributed by atoms with van der Waals surface area (Å²) in [5, 5.41) is 10.6. The van der Waals surface area contributed by atoms with Gasteiger partial charge >= 0.3 is 0 Å². The van der Waals surface area contributed by atoms with Crippen LogP contribution in [-0.2, 0) is 5.60 Å². The molecular formula is C10H14O2S. The SMILES string of the molecule is CC1SCCCC1(O)c1ccco1. The van der Waals surface area contributed by atoms with Crippen molar-refractivity contribution in [1.82, 2.24) is 0 Å². The molecule has 2 rings (SSSR count). The van der Waals surface area contributed by atoms with Gasteiger partial charge in [0.1, 0.15) is 11.4 Å². The van der Waals surface area contributed by atoms with E-state index >= 15 is 0 Å². The second-order valence-electron chi connectivity index (χ2n) is 3.52. The van der Waals surface area contributed by atoms with Gasteiger partial charge < -0.3 is 9.52 Å². The molecule has 0 radical (unpaired) electrons. The molecule has 1 aliphatic rings. The highest BCUT2D eigenvalue weighted by molar-refractivity contribution is 8.00. The molecule has 2 nitrogen and oxygen atoms in total. The number of hydrogen-bond acceptors (Lipinski definition) is 3. The summed E-state index contributed by atoms with van der Waals surface area (Å²) in [6, 6.07) is 3.70. The maximum Gasteiger partial charge on any atom is 0.136 e. The van der Waals surface area contributed by atoms with Crippen LogP contribution in [0.15, 0.2) is 22.8 Å². The highest BCUT2D eigenvalue weighted by Gasteiger charge is 2.40. The van der Waals surface area contributed by atoms with E-state index in [0.29, 0.717) is 5.76 Å². The molecule has 1 saturated heterocycles. The second kappa shape index (κ2) is 3.39. The zero-order chi connectivity index (χ0) is 9.31. The first-order valence-corrected chi connectivity index (χ1v) is 5.66. The first kappa shape index (κ1) is 9.16. The fourth-order valence-corrected chi connectivity index (χ4v) is 2.97. The summed E-state index contributed by atoms with van der Waals surface area (Å²) in [6.45, 7) is 2.06. The Balaban J connectivity index is 2.27. The molecule has 1 aromatic rings. The predicted octanol–water partition coefficient (Wildman–Crippen LogP) is 2.38. The van der Waals surface area contributed by atoms with E-state index < -0.39 is 5.60 Å². The van der Waals surface area contributed by atoms with Crippen LogP contribution in [0, 0.1) is 0 Å². The predicted molar refractivity (Wildman–Crippen MR) is 53.8 cm³/mol. The van der Waals surface area contributed by atoms with Crippen LogP contribution in [0.4, 0.5) is 0 Å². The Morgan fingerprint density at radius 2 is 2.54 bits per heavy atom. The van der Waals surface area contributed by atoms with Crippen LogP contribution in [0.5, 0.6) is 0 Å². The summed E-state index contributed by atoms with van der Waals surface area (Å²) < 4.78 is 5.28. The third kappa shape index (κ3) is 1.51. The standard InChI is InChI=1S/C10H14O2S/c1-8-10(11,5-3-7-13-8)9-4-2-6-12-9/h2,4,6,8,11H,3,5,7H2,1H3. The van der Waals surface area contributed by atoms with Crippen molar-refractivity contribution in [2.24, 2.45) is 0 Å². The lowest BCUT2D eigenvalue weighted by Crippen LogP contribution is -2.38. The molecule has 0 bridgehead atoms. The van der Waals surface area contributed by atoms with Gasteiger partial charge in [0.2, 0.25) is 0 Å². The average molecular weight is 198 g/mol. The van der Waals surface area contributed by atoms with Crippen LogP contribution in [0.1, 0.15) is 25.5 Å². The zero-order valence-corrected chi connectivity index (χ0v) is 8.51. The van der Waals surface area contributed by atoms with E-state index in [1.165, 1.54) is 0 Å². The second-order valence-corrected chi connectivity index (χ2v) is 4.97. The monoisotopic (exact) mass is 198 g/mol. The molecule has 0 aliphatic carbocycles. The third-order valence-corrected chi connectivity index (χ3v) is 4.10. The Hall–Kier alpha value is -0.410. The quantitative estimate of drug-likeness (QED) is 0.752. The molecular weight excluding hydrogens is 184 g/mol. The summed E-state index contributed by atoms with van der Waals surface area (Å²) >= 11 is 1.81. The molecule has 0 spiro atoms. The van der Waals surface area contributed by atoms with Gasteiger partial charge in [0.15, 0.2) is 0 Å². The number of hydrogen-bond donors (Lipinski definition) is 1. The maximum atomic E-state index is 10.4. The minimum Gasteiger partial charge on any atom is -0.466 e. The van der Waals surface area contributed by atoms with E-state index in [-0.39, 0.29) is 5.25 Å². The van der Waals surface area contributed by atoms with Crippen molar-refractivity contribution in [3.8, 4) is 0 Å². The van der Waals surface area contributed by atoms with Crippen LogP contribution < -0.4 is 0 Å². The highest BCUT2D eigenvalue weighted by atomic mass is 32.2. The van der Waals surface area contributed by atoms with Crippen molar-refractivity contribution < 1.29 is 9.52 Å². The Bertz CT molecular complexity index is 270.